The van der Waals surface area contributed by atoms with Crippen molar-refractivity contribution in [3.05, 3.63) is 52.4 Å². The summed E-state index contributed by atoms with van der Waals surface area (Å²) in [5, 5.41) is 5.51. The predicted molar refractivity (Wildman–Crippen MR) is 76.4 cm³/mol. The summed E-state index contributed by atoms with van der Waals surface area (Å²) in [6, 6.07) is 4.65. The monoisotopic (exact) mass is 289 g/mol. The van der Waals surface area contributed by atoms with Crippen molar-refractivity contribution in [1.82, 2.24) is 15.3 Å². The Kier molecular flexibility index (Phi) is 3.47. The minimum Gasteiger partial charge on any atom is -0.361 e. The normalized spacial score (nSPS) is 10.8. The number of amides is 1. The molecule has 2 aromatic heterocycles. The van der Waals surface area contributed by atoms with Crippen LogP contribution in [-0.4, -0.2) is 22.4 Å². The third-order valence-electron chi connectivity index (χ3n) is 3.07. The summed E-state index contributed by atoms with van der Waals surface area (Å²) in [6.07, 6.45) is 2.53. The number of carbonyl (C=O) groups is 1. The van der Waals surface area contributed by atoms with E-state index in [1.165, 1.54) is 23.5 Å². The molecule has 0 radical (unpaired) electrons. The lowest BCUT2D eigenvalue weighted by atomic mass is 10.1. The van der Waals surface area contributed by atoms with Gasteiger partial charge in [0.15, 0.2) is 0 Å². The highest BCUT2D eigenvalue weighted by Crippen LogP contribution is 2.19. The summed E-state index contributed by atoms with van der Waals surface area (Å²) >= 11 is 1.39. The zero-order valence-corrected chi connectivity index (χ0v) is 11.3. The maximum absolute atomic E-state index is 13.1. The van der Waals surface area contributed by atoms with Crippen LogP contribution in [0.4, 0.5) is 4.39 Å². The minimum atomic E-state index is -0.261. The Morgan fingerprint density at radius 2 is 2.35 bits per heavy atom. The summed E-state index contributed by atoms with van der Waals surface area (Å²) in [5.74, 6) is -0.431. The molecule has 0 spiro atoms. The Morgan fingerprint density at radius 1 is 1.45 bits per heavy atom. The second kappa shape index (κ2) is 5.42. The molecule has 1 aromatic carbocycles. The predicted octanol–water partition coefficient (Wildman–Crippen LogP) is 2.74. The topological polar surface area (TPSA) is 57.8 Å². The lowest BCUT2D eigenvalue weighted by Crippen LogP contribution is -2.25. The van der Waals surface area contributed by atoms with E-state index in [9.17, 15) is 9.18 Å². The van der Waals surface area contributed by atoms with Gasteiger partial charge in [-0.25, -0.2) is 9.37 Å². The van der Waals surface area contributed by atoms with E-state index >= 15 is 0 Å². The van der Waals surface area contributed by atoms with E-state index in [1.54, 1.807) is 17.0 Å². The van der Waals surface area contributed by atoms with Gasteiger partial charge in [-0.05, 0) is 30.2 Å². The van der Waals surface area contributed by atoms with Crippen molar-refractivity contribution in [2.24, 2.45) is 0 Å². The quantitative estimate of drug-likeness (QED) is 0.776. The van der Waals surface area contributed by atoms with Gasteiger partial charge in [-0.15, -0.1) is 11.3 Å². The zero-order chi connectivity index (χ0) is 13.9. The third-order valence-corrected chi connectivity index (χ3v) is 3.66. The van der Waals surface area contributed by atoms with E-state index in [2.05, 4.69) is 15.3 Å². The number of aromatic amines is 1. The lowest BCUT2D eigenvalue weighted by Gasteiger charge is -2.02. The molecule has 3 rings (SSSR count). The number of aromatic nitrogens is 2. The third kappa shape index (κ3) is 2.55. The van der Waals surface area contributed by atoms with Crippen molar-refractivity contribution in [3.63, 3.8) is 0 Å². The number of halogens is 1. The molecule has 102 valence electrons. The average Bonchev–Trinajstić information content (AvgIpc) is 3.08. The van der Waals surface area contributed by atoms with Gasteiger partial charge in [0.2, 0.25) is 0 Å². The molecule has 0 aliphatic rings. The Hall–Kier alpha value is -2.21. The molecule has 3 aromatic rings. The molecule has 0 bridgehead atoms. The number of carbonyl (C=O) groups excluding carboxylic acids is 1. The molecule has 0 aliphatic carbocycles. The molecule has 4 nitrogen and oxygen atoms in total. The molecule has 0 aliphatic heterocycles. The number of fused-ring (bicyclic) bond motifs is 1. The first kappa shape index (κ1) is 12.8. The largest absolute Gasteiger partial charge is 0.361 e. The van der Waals surface area contributed by atoms with Crippen molar-refractivity contribution >= 4 is 28.1 Å². The number of benzene rings is 1. The number of H-pyrrole nitrogens is 1. The van der Waals surface area contributed by atoms with E-state index in [0.29, 0.717) is 18.7 Å². The van der Waals surface area contributed by atoms with E-state index in [4.69, 9.17) is 0 Å². The second-order valence-corrected chi connectivity index (χ2v) is 5.10. The minimum absolute atomic E-state index is 0.169. The van der Waals surface area contributed by atoms with Crippen LogP contribution in [-0.2, 0) is 6.42 Å². The molecule has 2 N–H and O–H groups in total. The first-order chi connectivity index (χ1) is 9.74. The Morgan fingerprint density at radius 3 is 3.15 bits per heavy atom. The van der Waals surface area contributed by atoms with Gasteiger partial charge in [-0.3, -0.25) is 4.79 Å². The number of hydrogen-bond acceptors (Lipinski definition) is 3. The number of nitrogens with one attached hydrogen (secondary N) is 2. The van der Waals surface area contributed by atoms with E-state index in [0.717, 1.165) is 16.5 Å². The number of hydrogen-bond donors (Lipinski definition) is 2. The standard InChI is InChI=1S/C14H12FN3OS/c15-10-1-2-11-9(6-17-12(11)5-10)3-4-16-14(19)13-7-20-8-18-13/h1-2,5-8,17H,3-4H2,(H,16,19). The van der Waals surface area contributed by atoms with Crippen LogP contribution in [0.25, 0.3) is 10.9 Å². The van der Waals surface area contributed by atoms with Gasteiger partial charge in [-0.1, -0.05) is 0 Å². The second-order valence-electron chi connectivity index (χ2n) is 4.38. The highest BCUT2D eigenvalue weighted by Gasteiger charge is 2.08. The van der Waals surface area contributed by atoms with Crippen molar-refractivity contribution in [2.45, 2.75) is 6.42 Å². The molecule has 2 heterocycles. The SMILES string of the molecule is O=C(NCCc1c[nH]c2cc(F)ccc12)c1cscn1. The molecule has 20 heavy (non-hydrogen) atoms. The van der Waals surface area contributed by atoms with Crippen LogP contribution in [0.2, 0.25) is 0 Å². The Balaban J connectivity index is 1.64. The summed E-state index contributed by atoms with van der Waals surface area (Å²) < 4.78 is 13.1. The van der Waals surface area contributed by atoms with Crippen molar-refractivity contribution in [3.8, 4) is 0 Å². The van der Waals surface area contributed by atoms with Gasteiger partial charge in [0, 0.05) is 29.0 Å². The zero-order valence-electron chi connectivity index (χ0n) is 10.5. The fourth-order valence-electron chi connectivity index (χ4n) is 2.09. The molecule has 6 heteroatoms. The molecule has 0 atom stereocenters. The highest BCUT2D eigenvalue weighted by molar-refractivity contribution is 7.07. The maximum Gasteiger partial charge on any atom is 0.270 e. The summed E-state index contributed by atoms with van der Waals surface area (Å²) in [6.45, 7) is 0.515. The average molecular weight is 289 g/mol. The van der Waals surface area contributed by atoms with Crippen LogP contribution < -0.4 is 5.32 Å². The summed E-state index contributed by atoms with van der Waals surface area (Å²) in [5.41, 5.74) is 3.89. The van der Waals surface area contributed by atoms with Gasteiger partial charge < -0.3 is 10.3 Å². The molecule has 0 fully saturated rings. The molecular weight excluding hydrogens is 277 g/mol. The van der Waals surface area contributed by atoms with E-state index < -0.39 is 0 Å². The highest BCUT2D eigenvalue weighted by atomic mass is 32.1. The Bertz CT molecular complexity index is 736. The van der Waals surface area contributed by atoms with Crippen molar-refractivity contribution in [1.29, 1.82) is 0 Å². The maximum atomic E-state index is 13.1. The fourth-order valence-corrected chi connectivity index (χ4v) is 2.62. The molecule has 0 unspecified atom stereocenters. The summed E-state index contributed by atoms with van der Waals surface area (Å²) in [4.78, 5) is 18.7. The van der Waals surface area contributed by atoms with E-state index in [-0.39, 0.29) is 11.7 Å². The van der Waals surface area contributed by atoms with Gasteiger partial charge in [-0.2, -0.15) is 0 Å². The van der Waals surface area contributed by atoms with Crippen LogP contribution in [0.1, 0.15) is 16.1 Å². The van der Waals surface area contributed by atoms with Crippen molar-refractivity contribution < 1.29 is 9.18 Å². The van der Waals surface area contributed by atoms with Gasteiger partial charge in [0.05, 0.1) is 5.51 Å². The number of thiazole rings is 1. The van der Waals surface area contributed by atoms with Gasteiger partial charge in [0.25, 0.3) is 5.91 Å². The van der Waals surface area contributed by atoms with E-state index in [1.807, 2.05) is 6.20 Å². The van der Waals surface area contributed by atoms with Gasteiger partial charge in [0.1, 0.15) is 11.5 Å². The van der Waals surface area contributed by atoms with Crippen LogP contribution >= 0.6 is 11.3 Å². The first-order valence-corrected chi connectivity index (χ1v) is 7.10. The first-order valence-electron chi connectivity index (χ1n) is 6.16. The molecule has 0 saturated heterocycles. The molecule has 1 amide bonds. The van der Waals surface area contributed by atoms with Crippen molar-refractivity contribution in [2.75, 3.05) is 6.54 Å². The lowest BCUT2D eigenvalue weighted by molar-refractivity contribution is 0.0950. The van der Waals surface area contributed by atoms with Crippen LogP contribution in [0, 0.1) is 5.82 Å². The van der Waals surface area contributed by atoms with Crippen LogP contribution in [0.3, 0.4) is 0 Å². The number of rotatable bonds is 4. The molecular formula is C14H12FN3OS. The van der Waals surface area contributed by atoms with Gasteiger partial charge >= 0.3 is 0 Å². The summed E-state index contributed by atoms with van der Waals surface area (Å²) in [7, 11) is 0. The number of nitrogens with zero attached hydrogens (tertiary/aromatic N) is 1. The smallest absolute Gasteiger partial charge is 0.270 e. The fraction of sp³-hybridized carbons (Fsp3) is 0.143. The Labute approximate surface area is 118 Å². The van der Waals surface area contributed by atoms with Crippen LogP contribution in [0.5, 0.6) is 0 Å². The van der Waals surface area contributed by atoms with Crippen LogP contribution in [0.15, 0.2) is 35.3 Å². The molecule has 0 saturated carbocycles.